The normalized spacial score (nSPS) is 10.4. The minimum absolute atomic E-state index is 0.115. The highest BCUT2D eigenvalue weighted by Crippen LogP contribution is 2.19. The minimum Gasteiger partial charge on any atom is -0.335 e. The first-order valence-electron chi connectivity index (χ1n) is 6.22. The molecular formula is C14H22N2O. The fourth-order valence-electron chi connectivity index (χ4n) is 1.84. The van der Waals surface area contributed by atoms with Gasteiger partial charge in [-0.1, -0.05) is 32.0 Å². The molecule has 1 aromatic rings. The Morgan fingerprint density at radius 1 is 1.18 bits per heavy atom. The van der Waals surface area contributed by atoms with Crippen molar-refractivity contribution in [3.63, 3.8) is 0 Å². The SMILES string of the molecule is CCC(CC)NC(=O)Nc1c(C)cccc1C. The highest BCUT2D eigenvalue weighted by molar-refractivity contribution is 5.91. The van der Waals surface area contributed by atoms with Gasteiger partial charge in [-0.2, -0.15) is 0 Å². The van der Waals surface area contributed by atoms with Crippen molar-refractivity contribution in [1.29, 1.82) is 0 Å². The maximum absolute atomic E-state index is 11.8. The number of aryl methyl sites for hydroxylation is 2. The van der Waals surface area contributed by atoms with Crippen LogP contribution in [0.25, 0.3) is 0 Å². The minimum atomic E-state index is -0.115. The Balaban J connectivity index is 2.68. The molecule has 0 fully saturated rings. The number of hydrogen-bond donors (Lipinski definition) is 2. The largest absolute Gasteiger partial charge is 0.335 e. The van der Waals surface area contributed by atoms with Crippen LogP contribution in [0.1, 0.15) is 37.8 Å². The molecule has 0 heterocycles. The number of carbonyl (C=O) groups is 1. The molecule has 0 saturated carbocycles. The van der Waals surface area contributed by atoms with Crippen molar-refractivity contribution in [2.75, 3.05) is 5.32 Å². The van der Waals surface area contributed by atoms with Gasteiger partial charge < -0.3 is 10.6 Å². The fraction of sp³-hybridized carbons (Fsp3) is 0.500. The third kappa shape index (κ3) is 3.77. The van der Waals surface area contributed by atoms with Crippen molar-refractivity contribution in [1.82, 2.24) is 5.32 Å². The van der Waals surface area contributed by atoms with Crippen molar-refractivity contribution in [2.45, 2.75) is 46.6 Å². The summed E-state index contributed by atoms with van der Waals surface area (Å²) in [5.74, 6) is 0. The highest BCUT2D eigenvalue weighted by atomic mass is 16.2. The summed E-state index contributed by atoms with van der Waals surface area (Å²) in [6.07, 6.45) is 1.91. The number of rotatable bonds is 4. The van der Waals surface area contributed by atoms with Crippen LogP contribution in [0, 0.1) is 13.8 Å². The first kappa shape index (κ1) is 13.6. The zero-order valence-electron chi connectivity index (χ0n) is 11.1. The Morgan fingerprint density at radius 3 is 2.18 bits per heavy atom. The molecule has 17 heavy (non-hydrogen) atoms. The van der Waals surface area contributed by atoms with Crippen LogP contribution in [0.15, 0.2) is 18.2 Å². The van der Waals surface area contributed by atoms with Crippen LogP contribution in [-0.2, 0) is 0 Å². The third-order valence-electron chi connectivity index (χ3n) is 3.04. The van der Waals surface area contributed by atoms with Crippen LogP contribution in [0.5, 0.6) is 0 Å². The van der Waals surface area contributed by atoms with Gasteiger partial charge in [0.2, 0.25) is 0 Å². The molecule has 1 aromatic carbocycles. The van der Waals surface area contributed by atoms with Crippen molar-refractivity contribution < 1.29 is 4.79 Å². The maximum Gasteiger partial charge on any atom is 0.319 e. The van der Waals surface area contributed by atoms with E-state index < -0.39 is 0 Å². The molecule has 0 bridgehead atoms. The van der Waals surface area contributed by atoms with Gasteiger partial charge in [0.05, 0.1) is 0 Å². The predicted octanol–water partition coefficient (Wildman–Crippen LogP) is 3.61. The lowest BCUT2D eigenvalue weighted by Crippen LogP contribution is -2.37. The van der Waals surface area contributed by atoms with Crippen LogP contribution in [0.3, 0.4) is 0 Å². The molecule has 0 radical (unpaired) electrons. The summed E-state index contributed by atoms with van der Waals surface area (Å²) < 4.78 is 0. The Morgan fingerprint density at radius 2 is 1.71 bits per heavy atom. The fourth-order valence-corrected chi connectivity index (χ4v) is 1.84. The molecule has 94 valence electrons. The van der Waals surface area contributed by atoms with E-state index in [0.717, 1.165) is 29.7 Å². The molecule has 1 rings (SSSR count). The molecule has 0 aromatic heterocycles. The standard InChI is InChI=1S/C14H22N2O/c1-5-12(6-2)15-14(17)16-13-10(3)8-7-9-11(13)4/h7-9,12H,5-6H2,1-4H3,(H2,15,16,17). The zero-order valence-corrected chi connectivity index (χ0v) is 11.1. The van der Waals surface area contributed by atoms with Gasteiger partial charge in [0, 0.05) is 11.7 Å². The molecule has 3 nitrogen and oxygen atoms in total. The second-order valence-corrected chi connectivity index (χ2v) is 4.38. The van der Waals surface area contributed by atoms with E-state index in [4.69, 9.17) is 0 Å². The van der Waals surface area contributed by atoms with Crippen LogP contribution >= 0.6 is 0 Å². The first-order valence-corrected chi connectivity index (χ1v) is 6.22. The van der Waals surface area contributed by atoms with E-state index in [0.29, 0.717) is 0 Å². The topological polar surface area (TPSA) is 41.1 Å². The number of amides is 2. The molecular weight excluding hydrogens is 212 g/mol. The van der Waals surface area contributed by atoms with Crippen molar-refractivity contribution >= 4 is 11.7 Å². The number of urea groups is 1. The van der Waals surface area contributed by atoms with E-state index in [1.807, 2.05) is 32.0 Å². The molecule has 2 N–H and O–H groups in total. The summed E-state index contributed by atoms with van der Waals surface area (Å²) in [6, 6.07) is 6.13. The Labute approximate surface area is 104 Å². The Kier molecular flexibility index (Phi) is 5.01. The molecule has 0 aliphatic carbocycles. The number of nitrogens with one attached hydrogen (secondary N) is 2. The summed E-state index contributed by atoms with van der Waals surface area (Å²) in [7, 11) is 0. The number of anilines is 1. The van der Waals surface area contributed by atoms with Gasteiger partial charge in [-0.25, -0.2) is 4.79 Å². The van der Waals surface area contributed by atoms with E-state index >= 15 is 0 Å². The first-order chi connectivity index (χ1) is 8.08. The Bertz CT molecular complexity index is 364. The maximum atomic E-state index is 11.8. The monoisotopic (exact) mass is 234 g/mol. The van der Waals surface area contributed by atoms with Gasteiger partial charge in [-0.3, -0.25) is 0 Å². The van der Waals surface area contributed by atoms with Gasteiger partial charge in [-0.05, 0) is 37.8 Å². The number of carbonyl (C=O) groups excluding carboxylic acids is 1. The summed E-state index contributed by atoms with van der Waals surface area (Å²) in [5, 5.41) is 5.90. The second-order valence-electron chi connectivity index (χ2n) is 4.38. The summed E-state index contributed by atoms with van der Waals surface area (Å²) in [6.45, 7) is 8.15. The third-order valence-corrected chi connectivity index (χ3v) is 3.04. The van der Waals surface area contributed by atoms with E-state index in [1.54, 1.807) is 0 Å². The number of hydrogen-bond acceptors (Lipinski definition) is 1. The van der Waals surface area contributed by atoms with E-state index in [9.17, 15) is 4.79 Å². The zero-order chi connectivity index (χ0) is 12.8. The summed E-state index contributed by atoms with van der Waals surface area (Å²) in [4.78, 5) is 11.8. The van der Waals surface area contributed by atoms with Gasteiger partial charge in [0.1, 0.15) is 0 Å². The molecule has 0 aliphatic heterocycles. The summed E-state index contributed by atoms with van der Waals surface area (Å²) in [5.41, 5.74) is 3.09. The molecule has 3 heteroatoms. The van der Waals surface area contributed by atoms with E-state index in [1.165, 1.54) is 0 Å². The van der Waals surface area contributed by atoms with Crippen LogP contribution in [0.4, 0.5) is 10.5 Å². The number of benzene rings is 1. The molecule has 0 saturated heterocycles. The van der Waals surface area contributed by atoms with E-state index in [-0.39, 0.29) is 12.1 Å². The van der Waals surface area contributed by atoms with Crippen LogP contribution < -0.4 is 10.6 Å². The molecule has 0 aliphatic rings. The average Bonchev–Trinajstić information content (AvgIpc) is 2.31. The van der Waals surface area contributed by atoms with Crippen molar-refractivity contribution in [3.8, 4) is 0 Å². The van der Waals surface area contributed by atoms with Gasteiger partial charge in [0.15, 0.2) is 0 Å². The van der Waals surface area contributed by atoms with Crippen molar-refractivity contribution in [2.24, 2.45) is 0 Å². The quantitative estimate of drug-likeness (QED) is 0.821. The Hall–Kier alpha value is -1.51. The molecule has 0 unspecified atom stereocenters. The smallest absolute Gasteiger partial charge is 0.319 e. The van der Waals surface area contributed by atoms with Crippen LogP contribution in [-0.4, -0.2) is 12.1 Å². The highest BCUT2D eigenvalue weighted by Gasteiger charge is 2.10. The molecule has 2 amide bonds. The van der Waals surface area contributed by atoms with Gasteiger partial charge >= 0.3 is 6.03 Å². The van der Waals surface area contributed by atoms with Crippen molar-refractivity contribution in [3.05, 3.63) is 29.3 Å². The molecule has 0 spiro atoms. The predicted molar refractivity (Wildman–Crippen MR) is 72.4 cm³/mol. The average molecular weight is 234 g/mol. The van der Waals surface area contributed by atoms with Gasteiger partial charge in [0.25, 0.3) is 0 Å². The molecule has 0 atom stereocenters. The lowest BCUT2D eigenvalue weighted by atomic mass is 10.1. The summed E-state index contributed by atoms with van der Waals surface area (Å²) >= 11 is 0. The van der Waals surface area contributed by atoms with E-state index in [2.05, 4.69) is 24.5 Å². The lowest BCUT2D eigenvalue weighted by molar-refractivity contribution is 0.247. The second kappa shape index (κ2) is 6.28. The number of para-hydroxylation sites is 1. The lowest BCUT2D eigenvalue weighted by Gasteiger charge is -2.17. The van der Waals surface area contributed by atoms with Gasteiger partial charge in [-0.15, -0.1) is 0 Å². The van der Waals surface area contributed by atoms with Crippen LogP contribution in [0.2, 0.25) is 0 Å².